The fourth-order valence-corrected chi connectivity index (χ4v) is 4.14. The Labute approximate surface area is 135 Å². The van der Waals surface area contributed by atoms with Gasteiger partial charge < -0.3 is 11.1 Å². The third-order valence-electron chi connectivity index (χ3n) is 5.50. The van der Waals surface area contributed by atoms with Crippen molar-refractivity contribution in [2.24, 2.45) is 17.6 Å². The Balaban J connectivity index is 1.41. The zero-order chi connectivity index (χ0) is 15.2. The van der Waals surface area contributed by atoms with Crippen molar-refractivity contribution in [3.05, 3.63) is 35.9 Å². The molecule has 1 aromatic rings. The second-order valence-electron chi connectivity index (χ2n) is 7.17. The normalized spacial score (nSPS) is 29.8. The molecule has 3 nitrogen and oxygen atoms in total. The van der Waals surface area contributed by atoms with Gasteiger partial charge in [0.1, 0.15) is 0 Å². The van der Waals surface area contributed by atoms with Crippen molar-refractivity contribution < 1.29 is 0 Å². The number of nitrogens with zero attached hydrogens (tertiary/aromatic N) is 1. The van der Waals surface area contributed by atoms with E-state index in [1.54, 1.807) is 0 Å². The first-order valence-corrected chi connectivity index (χ1v) is 9.05. The molecule has 3 atom stereocenters. The first-order chi connectivity index (χ1) is 10.8. The maximum Gasteiger partial charge on any atom is 0.0233 e. The molecular weight excluding hydrogens is 270 g/mol. The van der Waals surface area contributed by atoms with Crippen LogP contribution in [0.25, 0.3) is 0 Å². The van der Waals surface area contributed by atoms with Crippen LogP contribution < -0.4 is 11.1 Å². The lowest BCUT2D eigenvalue weighted by molar-refractivity contribution is 0.253. The molecule has 1 aliphatic heterocycles. The average Bonchev–Trinajstić information content (AvgIpc) is 3.01. The summed E-state index contributed by atoms with van der Waals surface area (Å²) in [6, 6.07) is 11.5. The molecular formula is C19H31N3. The van der Waals surface area contributed by atoms with Gasteiger partial charge in [0.25, 0.3) is 0 Å². The van der Waals surface area contributed by atoms with Crippen molar-refractivity contribution in [1.82, 2.24) is 10.2 Å². The van der Waals surface area contributed by atoms with E-state index in [9.17, 15) is 0 Å². The molecule has 22 heavy (non-hydrogen) atoms. The molecule has 122 valence electrons. The second-order valence-corrected chi connectivity index (χ2v) is 7.17. The van der Waals surface area contributed by atoms with E-state index in [-0.39, 0.29) is 0 Å². The molecule has 0 amide bonds. The molecule has 1 aliphatic carbocycles. The number of hydrogen-bond donors (Lipinski definition) is 2. The molecule has 1 heterocycles. The third kappa shape index (κ3) is 4.31. The van der Waals surface area contributed by atoms with E-state index in [1.807, 2.05) is 0 Å². The number of likely N-dealkylation sites (tertiary alicyclic amines) is 1. The van der Waals surface area contributed by atoms with Gasteiger partial charge in [0, 0.05) is 19.1 Å². The zero-order valence-electron chi connectivity index (χ0n) is 13.7. The second kappa shape index (κ2) is 8.09. The molecule has 0 aromatic heterocycles. The summed E-state index contributed by atoms with van der Waals surface area (Å²) in [6.45, 7) is 5.61. The van der Waals surface area contributed by atoms with Crippen LogP contribution in [-0.2, 0) is 6.54 Å². The molecule has 2 fully saturated rings. The summed E-state index contributed by atoms with van der Waals surface area (Å²) < 4.78 is 0. The molecule has 3 unspecified atom stereocenters. The van der Waals surface area contributed by atoms with Crippen LogP contribution in [0.4, 0.5) is 0 Å². The highest BCUT2D eigenvalue weighted by Crippen LogP contribution is 2.24. The topological polar surface area (TPSA) is 41.3 Å². The van der Waals surface area contributed by atoms with Crippen molar-refractivity contribution in [1.29, 1.82) is 0 Å². The number of hydrogen-bond acceptors (Lipinski definition) is 3. The Morgan fingerprint density at radius 2 is 1.91 bits per heavy atom. The van der Waals surface area contributed by atoms with E-state index in [0.29, 0.717) is 12.0 Å². The fourth-order valence-electron chi connectivity index (χ4n) is 4.14. The highest BCUT2D eigenvalue weighted by Gasteiger charge is 2.26. The minimum absolute atomic E-state index is 0.668. The Morgan fingerprint density at radius 3 is 2.73 bits per heavy atom. The summed E-state index contributed by atoms with van der Waals surface area (Å²) in [5.74, 6) is 1.51. The van der Waals surface area contributed by atoms with E-state index in [4.69, 9.17) is 5.73 Å². The quantitative estimate of drug-likeness (QED) is 0.848. The van der Waals surface area contributed by atoms with Crippen LogP contribution in [0.15, 0.2) is 30.3 Å². The van der Waals surface area contributed by atoms with Crippen molar-refractivity contribution in [2.45, 2.75) is 44.7 Å². The van der Waals surface area contributed by atoms with Crippen molar-refractivity contribution in [3.8, 4) is 0 Å². The third-order valence-corrected chi connectivity index (χ3v) is 5.50. The summed E-state index contributed by atoms with van der Waals surface area (Å²) in [5, 5.41) is 3.84. The van der Waals surface area contributed by atoms with Crippen molar-refractivity contribution in [3.63, 3.8) is 0 Å². The molecule has 2 aliphatic rings. The molecule has 0 radical (unpaired) electrons. The fraction of sp³-hybridized carbons (Fsp3) is 0.684. The molecule has 0 spiro atoms. The molecule has 1 saturated carbocycles. The first kappa shape index (κ1) is 16.0. The summed E-state index contributed by atoms with van der Waals surface area (Å²) >= 11 is 0. The van der Waals surface area contributed by atoms with Crippen molar-refractivity contribution >= 4 is 0 Å². The monoisotopic (exact) mass is 301 g/mol. The lowest BCUT2D eigenvalue weighted by Gasteiger charge is -2.32. The number of nitrogens with two attached hydrogens (primary N) is 1. The molecule has 1 aromatic carbocycles. The van der Waals surface area contributed by atoms with E-state index < -0.39 is 0 Å². The van der Waals surface area contributed by atoms with Crippen LogP contribution in [0.3, 0.4) is 0 Å². The van der Waals surface area contributed by atoms with Crippen LogP contribution in [0.1, 0.15) is 37.7 Å². The summed E-state index contributed by atoms with van der Waals surface area (Å²) in [4.78, 5) is 2.60. The molecule has 3 heteroatoms. The van der Waals surface area contributed by atoms with Gasteiger partial charge in [-0.3, -0.25) is 4.90 Å². The lowest BCUT2D eigenvalue weighted by atomic mass is 9.84. The van der Waals surface area contributed by atoms with Crippen molar-refractivity contribution in [2.75, 3.05) is 26.2 Å². The molecule has 3 N–H and O–H groups in total. The van der Waals surface area contributed by atoms with E-state index >= 15 is 0 Å². The van der Waals surface area contributed by atoms with E-state index in [2.05, 4.69) is 40.5 Å². The predicted octanol–water partition coefficient (Wildman–Crippen LogP) is 2.62. The Bertz CT molecular complexity index is 434. The first-order valence-electron chi connectivity index (χ1n) is 9.05. The Hall–Kier alpha value is -0.900. The van der Waals surface area contributed by atoms with E-state index in [1.165, 1.54) is 57.3 Å². The SMILES string of the molecule is NCC1CCCCC1NCC1CCN(Cc2ccccc2)C1. The molecule has 1 saturated heterocycles. The highest BCUT2D eigenvalue weighted by atomic mass is 15.1. The van der Waals surface area contributed by atoms with Gasteiger partial charge >= 0.3 is 0 Å². The van der Waals surface area contributed by atoms with Gasteiger partial charge in [-0.25, -0.2) is 0 Å². The van der Waals surface area contributed by atoms with E-state index in [0.717, 1.165) is 19.0 Å². The lowest BCUT2D eigenvalue weighted by Crippen LogP contribution is -2.44. The summed E-state index contributed by atoms with van der Waals surface area (Å²) in [7, 11) is 0. The zero-order valence-corrected chi connectivity index (χ0v) is 13.7. The van der Waals surface area contributed by atoms with Gasteiger partial charge in [-0.1, -0.05) is 43.2 Å². The smallest absolute Gasteiger partial charge is 0.0233 e. The summed E-state index contributed by atoms with van der Waals surface area (Å²) in [6.07, 6.45) is 6.72. The van der Waals surface area contributed by atoms with Gasteiger partial charge in [-0.05, 0) is 56.3 Å². The van der Waals surface area contributed by atoms with Gasteiger partial charge in [0.2, 0.25) is 0 Å². The average molecular weight is 301 g/mol. The van der Waals surface area contributed by atoms with Gasteiger partial charge in [-0.2, -0.15) is 0 Å². The maximum atomic E-state index is 5.94. The van der Waals surface area contributed by atoms with Crippen LogP contribution in [-0.4, -0.2) is 37.1 Å². The Morgan fingerprint density at radius 1 is 1.09 bits per heavy atom. The number of rotatable bonds is 6. The number of benzene rings is 1. The largest absolute Gasteiger partial charge is 0.330 e. The molecule has 0 bridgehead atoms. The minimum atomic E-state index is 0.668. The maximum absolute atomic E-state index is 5.94. The van der Waals surface area contributed by atoms with Gasteiger partial charge in [0.15, 0.2) is 0 Å². The van der Waals surface area contributed by atoms with Gasteiger partial charge in [0.05, 0.1) is 0 Å². The highest BCUT2D eigenvalue weighted by molar-refractivity contribution is 5.14. The predicted molar refractivity (Wildman–Crippen MR) is 92.6 cm³/mol. The van der Waals surface area contributed by atoms with Crippen LogP contribution in [0.5, 0.6) is 0 Å². The van der Waals surface area contributed by atoms with Gasteiger partial charge in [-0.15, -0.1) is 0 Å². The molecule has 3 rings (SSSR count). The standard InChI is InChI=1S/C19H31N3/c20-12-18-8-4-5-9-19(18)21-13-17-10-11-22(15-17)14-16-6-2-1-3-7-16/h1-3,6-7,17-19,21H,4-5,8-15,20H2. The van der Waals surface area contributed by atoms with Crippen LogP contribution in [0.2, 0.25) is 0 Å². The van der Waals surface area contributed by atoms with Crippen LogP contribution >= 0.6 is 0 Å². The number of nitrogens with one attached hydrogen (secondary N) is 1. The summed E-state index contributed by atoms with van der Waals surface area (Å²) in [5.41, 5.74) is 7.37. The Kier molecular flexibility index (Phi) is 5.88. The van der Waals surface area contributed by atoms with Crippen LogP contribution in [0, 0.1) is 11.8 Å². The minimum Gasteiger partial charge on any atom is -0.330 e.